The first-order valence-electron chi connectivity index (χ1n) is 27.5. The summed E-state index contributed by atoms with van der Waals surface area (Å²) >= 11 is 0. The van der Waals surface area contributed by atoms with Crippen LogP contribution in [0.25, 0.3) is 0 Å². The second kappa shape index (κ2) is 44.8. The molecule has 1 fully saturated rings. The number of aliphatic hydroxyl groups excluding tert-OH is 3. The summed E-state index contributed by atoms with van der Waals surface area (Å²) in [4.78, 5) is 25.6. The number of unbranched alkanes of at least 4 members (excludes halogenated alkanes) is 29. The van der Waals surface area contributed by atoms with Crippen LogP contribution in [0.1, 0.15) is 245 Å². The van der Waals surface area contributed by atoms with Gasteiger partial charge < -0.3 is 34.3 Å². The Kier molecular flexibility index (Phi) is 42.1. The summed E-state index contributed by atoms with van der Waals surface area (Å²) < 4.78 is 54.3. The second-order valence-electron chi connectivity index (χ2n) is 19.3. The van der Waals surface area contributed by atoms with Crippen molar-refractivity contribution < 1.29 is 56.8 Å². The van der Waals surface area contributed by atoms with E-state index in [9.17, 15) is 37.9 Å². The van der Waals surface area contributed by atoms with Crippen LogP contribution in [-0.4, -0.2) is 96.0 Å². The van der Waals surface area contributed by atoms with Gasteiger partial charge in [0, 0.05) is 12.8 Å². The zero-order chi connectivity index (χ0) is 49.8. The van der Waals surface area contributed by atoms with Gasteiger partial charge in [-0.1, -0.05) is 217 Å². The number of allylic oxidation sites excluding steroid dienone is 6. The van der Waals surface area contributed by atoms with Crippen molar-refractivity contribution in [3.63, 3.8) is 0 Å². The summed E-state index contributed by atoms with van der Waals surface area (Å²) in [6, 6.07) is 0. The predicted molar refractivity (Wildman–Crippen MR) is 275 cm³/mol. The van der Waals surface area contributed by atoms with Gasteiger partial charge in [0.1, 0.15) is 36.8 Å². The van der Waals surface area contributed by atoms with E-state index in [0.29, 0.717) is 12.8 Å². The van der Waals surface area contributed by atoms with E-state index in [0.717, 1.165) is 70.6 Å². The predicted octanol–water partition coefficient (Wildman–Crippen LogP) is 12.9. The summed E-state index contributed by atoms with van der Waals surface area (Å²) in [7, 11) is -4.61. The summed E-state index contributed by atoms with van der Waals surface area (Å²) in [6.45, 7) is 3.77. The number of carbonyl (C=O) groups is 2. The van der Waals surface area contributed by atoms with Gasteiger partial charge in [-0.3, -0.25) is 14.1 Å². The average molecular weight is 985 g/mol. The molecule has 0 amide bonds. The molecule has 1 rings (SSSR count). The molecule has 4 N–H and O–H groups in total. The Morgan fingerprint density at radius 2 is 0.882 bits per heavy atom. The van der Waals surface area contributed by atoms with Crippen molar-refractivity contribution in [3.8, 4) is 0 Å². The maximum absolute atomic E-state index is 12.9. The van der Waals surface area contributed by atoms with Crippen molar-refractivity contribution in [2.45, 2.75) is 282 Å². The van der Waals surface area contributed by atoms with E-state index in [1.165, 1.54) is 135 Å². The van der Waals surface area contributed by atoms with Gasteiger partial charge in [-0.15, -0.1) is 0 Å². The van der Waals surface area contributed by atoms with E-state index < -0.39 is 71.2 Å². The number of hydrogen-bond donors (Lipinski definition) is 4. The topological polar surface area (TPSA) is 186 Å². The molecule has 1 aliphatic rings. The molecule has 0 bridgehead atoms. The van der Waals surface area contributed by atoms with Crippen LogP contribution in [0.3, 0.4) is 0 Å². The Morgan fingerprint density at radius 3 is 1.34 bits per heavy atom. The highest BCUT2D eigenvalue weighted by Crippen LogP contribution is 2.24. The van der Waals surface area contributed by atoms with Crippen LogP contribution in [0.5, 0.6) is 0 Å². The number of aliphatic hydroxyl groups is 3. The fourth-order valence-electron chi connectivity index (χ4n) is 8.45. The van der Waals surface area contributed by atoms with E-state index in [4.69, 9.17) is 18.9 Å². The van der Waals surface area contributed by atoms with Gasteiger partial charge in [0.15, 0.2) is 12.4 Å². The number of hydrogen-bond acceptors (Lipinski definition) is 11. The van der Waals surface area contributed by atoms with E-state index >= 15 is 0 Å². The Hall–Kier alpha value is -2.13. The lowest BCUT2D eigenvalue weighted by molar-refractivity contribution is -0.297. The van der Waals surface area contributed by atoms with Gasteiger partial charge in [0.25, 0.3) is 10.1 Å². The molecule has 68 heavy (non-hydrogen) atoms. The summed E-state index contributed by atoms with van der Waals surface area (Å²) in [5.74, 6) is -1.99. The summed E-state index contributed by atoms with van der Waals surface area (Å²) in [6.07, 6.45) is 44.7. The fraction of sp³-hybridized carbons (Fsp3) is 0.855. The van der Waals surface area contributed by atoms with Crippen molar-refractivity contribution in [2.75, 3.05) is 19.0 Å². The molecule has 12 nitrogen and oxygen atoms in total. The minimum absolute atomic E-state index is 0.151. The van der Waals surface area contributed by atoms with Crippen LogP contribution in [0.4, 0.5) is 0 Å². The van der Waals surface area contributed by atoms with E-state index in [2.05, 4.69) is 50.3 Å². The van der Waals surface area contributed by atoms with Gasteiger partial charge in [-0.2, -0.15) is 8.42 Å². The molecule has 398 valence electrons. The SMILES string of the molecule is CCCCC/C=C\C/C=C\C/C=C\CCCCCCCCC(=O)OC(COC(=O)CCCCCCCCCCCCCCCCCCCCCCC)COC1OC(CS(=O)(=O)O)C(O)C(O)C1O. The van der Waals surface area contributed by atoms with E-state index in [1.807, 2.05) is 0 Å². The number of rotatable bonds is 47. The van der Waals surface area contributed by atoms with Crippen molar-refractivity contribution in [3.05, 3.63) is 36.5 Å². The lowest BCUT2D eigenvalue weighted by Crippen LogP contribution is -2.60. The minimum atomic E-state index is -4.61. The van der Waals surface area contributed by atoms with Crippen LogP contribution < -0.4 is 0 Å². The van der Waals surface area contributed by atoms with Crippen molar-refractivity contribution in [1.82, 2.24) is 0 Å². The third-order valence-corrected chi connectivity index (χ3v) is 13.5. The normalized spacial score (nSPS) is 19.4. The molecule has 0 aliphatic carbocycles. The van der Waals surface area contributed by atoms with Gasteiger partial charge >= 0.3 is 11.9 Å². The van der Waals surface area contributed by atoms with Crippen LogP contribution in [-0.2, 0) is 38.7 Å². The Bertz CT molecular complexity index is 1380. The standard InChI is InChI=1S/C55H100O12S/c1-3-5-7-9-11-13-15-17-19-21-23-24-26-27-29-31-33-35-37-39-41-43-50(56)64-45-48(46-65-55-54(60)53(59)52(58)49(67-55)47-68(61,62)63)66-51(57)44-42-40-38-36-34-32-30-28-25-22-20-18-16-14-12-10-8-6-4-2/h12,14,18,20,25,28,48-49,52-55,58-60H,3-11,13,15-17,19,21-24,26-27,29-47H2,1-2H3,(H,61,62,63)/b14-12-,20-18-,28-25-. The highest BCUT2D eigenvalue weighted by atomic mass is 32.2. The molecular weight excluding hydrogens is 885 g/mol. The largest absolute Gasteiger partial charge is 0.462 e. The molecule has 13 heteroatoms. The van der Waals surface area contributed by atoms with E-state index in [-0.39, 0.29) is 19.4 Å². The maximum atomic E-state index is 12.9. The number of ether oxygens (including phenoxy) is 4. The van der Waals surface area contributed by atoms with Crippen LogP contribution >= 0.6 is 0 Å². The molecule has 0 aromatic carbocycles. The zero-order valence-corrected chi connectivity index (χ0v) is 43.8. The lowest BCUT2D eigenvalue weighted by Gasteiger charge is -2.40. The Morgan fingerprint density at radius 1 is 0.500 bits per heavy atom. The quantitative estimate of drug-likeness (QED) is 0.0196. The molecule has 6 atom stereocenters. The number of esters is 2. The van der Waals surface area contributed by atoms with Crippen LogP contribution in [0, 0.1) is 0 Å². The third-order valence-electron chi connectivity index (χ3n) is 12.7. The summed E-state index contributed by atoms with van der Waals surface area (Å²) in [5, 5.41) is 31.0. The van der Waals surface area contributed by atoms with Crippen molar-refractivity contribution in [2.24, 2.45) is 0 Å². The Balaban J connectivity index is 2.34. The molecule has 1 saturated heterocycles. The highest BCUT2D eigenvalue weighted by Gasteiger charge is 2.46. The van der Waals surface area contributed by atoms with Crippen LogP contribution in [0.2, 0.25) is 0 Å². The average Bonchev–Trinajstić information content (AvgIpc) is 3.31. The van der Waals surface area contributed by atoms with Gasteiger partial charge in [0.05, 0.1) is 6.61 Å². The highest BCUT2D eigenvalue weighted by molar-refractivity contribution is 7.85. The smallest absolute Gasteiger partial charge is 0.306 e. The molecule has 1 heterocycles. The molecule has 0 saturated carbocycles. The Labute approximate surface area is 414 Å². The third kappa shape index (κ3) is 38.6. The zero-order valence-electron chi connectivity index (χ0n) is 43.0. The molecule has 0 aromatic heterocycles. The first-order chi connectivity index (χ1) is 33.0. The molecular formula is C55H100O12S. The molecule has 6 unspecified atom stereocenters. The molecule has 0 radical (unpaired) electrons. The van der Waals surface area contributed by atoms with Gasteiger partial charge in [-0.05, 0) is 51.4 Å². The monoisotopic (exact) mass is 985 g/mol. The summed E-state index contributed by atoms with van der Waals surface area (Å²) in [5.41, 5.74) is 0. The first-order valence-corrected chi connectivity index (χ1v) is 29.2. The molecule has 1 aliphatic heterocycles. The van der Waals surface area contributed by atoms with Gasteiger partial charge in [-0.25, -0.2) is 0 Å². The lowest BCUT2D eigenvalue weighted by atomic mass is 10.00. The number of carbonyl (C=O) groups excluding carboxylic acids is 2. The molecule has 0 aromatic rings. The molecule has 0 spiro atoms. The van der Waals surface area contributed by atoms with Crippen molar-refractivity contribution in [1.29, 1.82) is 0 Å². The fourth-order valence-corrected chi connectivity index (χ4v) is 9.14. The van der Waals surface area contributed by atoms with Crippen molar-refractivity contribution >= 4 is 22.1 Å². The maximum Gasteiger partial charge on any atom is 0.306 e. The van der Waals surface area contributed by atoms with Crippen LogP contribution in [0.15, 0.2) is 36.5 Å². The first kappa shape index (κ1) is 63.9. The van der Waals surface area contributed by atoms with Gasteiger partial charge in [0.2, 0.25) is 0 Å². The minimum Gasteiger partial charge on any atom is -0.462 e. The van der Waals surface area contributed by atoms with E-state index in [1.54, 1.807) is 0 Å². The second-order valence-corrected chi connectivity index (χ2v) is 20.8.